The highest BCUT2D eigenvalue weighted by atomic mass is 14.8. The molecule has 1 nitrogen and oxygen atoms in total. The maximum atomic E-state index is 3.17. The number of nitrogens with one attached hydrogen (secondary N) is 1. The fraction of sp³-hybridized carbons (Fsp3) is 0.250. The Labute approximate surface area is 103 Å². The van der Waals surface area contributed by atoms with E-state index >= 15 is 0 Å². The lowest BCUT2D eigenvalue weighted by molar-refractivity contribution is 0.922. The molecule has 0 atom stereocenters. The molecule has 0 amide bonds. The lowest BCUT2D eigenvalue weighted by atomic mass is 10.0. The van der Waals surface area contributed by atoms with Crippen LogP contribution in [0.15, 0.2) is 48.5 Å². The maximum absolute atomic E-state index is 3.17. The highest BCUT2D eigenvalue weighted by Crippen LogP contribution is 2.23. The quantitative estimate of drug-likeness (QED) is 0.815. The summed E-state index contributed by atoms with van der Waals surface area (Å²) in [5.41, 5.74) is 5.11. The summed E-state index contributed by atoms with van der Waals surface area (Å²) in [6.45, 7) is 2.21. The normalized spacial score (nSPS) is 10.2. The zero-order chi connectivity index (χ0) is 12.1. The lowest BCUT2D eigenvalue weighted by Crippen LogP contribution is -1.88. The van der Waals surface area contributed by atoms with Crippen molar-refractivity contribution >= 4 is 5.69 Å². The molecule has 0 bridgehead atoms. The number of rotatable bonds is 4. The molecule has 0 aromatic heterocycles. The van der Waals surface area contributed by atoms with Crippen LogP contribution in [0, 0.1) is 0 Å². The molecular weight excluding hydrogens is 206 g/mol. The SMILES string of the molecule is CCCc1ccc(-c2cccc(NC)c2)cc1. The second-order valence-electron chi connectivity index (χ2n) is 4.28. The van der Waals surface area contributed by atoms with Gasteiger partial charge in [0.1, 0.15) is 0 Å². The molecular formula is C16H19N. The molecule has 0 unspecified atom stereocenters. The Kier molecular flexibility index (Phi) is 3.81. The summed E-state index contributed by atoms with van der Waals surface area (Å²) in [6.07, 6.45) is 2.37. The van der Waals surface area contributed by atoms with Gasteiger partial charge in [0.05, 0.1) is 0 Å². The van der Waals surface area contributed by atoms with Gasteiger partial charge in [-0.1, -0.05) is 49.7 Å². The molecule has 1 heteroatoms. The number of hydrogen-bond acceptors (Lipinski definition) is 1. The van der Waals surface area contributed by atoms with Crippen LogP contribution in [-0.2, 0) is 6.42 Å². The van der Waals surface area contributed by atoms with Gasteiger partial charge in [0, 0.05) is 12.7 Å². The molecule has 0 spiro atoms. The Bertz CT molecular complexity index is 471. The second-order valence-corrected chi connectivity index (χ2v) is 4.28. The van der Waals surface area contributed by atoms with Crippen LogP contribution in [0.3, 0.4) is 0 Å². The fourth-order valence-electron chi connectivity index (χ4n) is 2.01. The molecule has 17 heavy (non-hydrogen) atoms. The number of benzene rings is 2. The zero-order valence-electron chi connectivity index (χ0n) is 10.5. The van der Waals surface area contributed by atoms with Crippen LogP contribution in [0.2, 0.25) is 0 Å². The fourth-order valence-corrected chi connectivity index (χ4v) is 2.01. The maximum Gasteiger partial charge on any atom is 0.0343 e. The molecule has 2 rings (SSSR count). The average Bonchev–Trinajstić information content (AvgIpc) is 2.40. The van der Waals surface area contributed by atoms with Crippen molar-refractivity contribution in [3.63, 3.8) is 0 Å². The Morgan fingerprint density at radius 3 is 2.35 bits per heavy atom. The van der Waals surface area contributed by atoms with Crippen LogP contribution in [-0.4, -0.2) is 7.05 Å². The monoisotopic (exact) mass is 225 g/mol. The van der Waals surface area contributed by atoms with E-state index in [9.17, 15) is 0 Å². The van der Waals surface area contributed by atoms with Crippen molar-refractivity contribution in [2.75, 3.05) is 12.4 Å². The van der Waals surface area contributed by atoms with Gasteiger partial charge in [0.2, 0.25) is 0 Å². The molecule has 0 aliphatic rings. The molecule has 88 valence electrons. The molecule has 0 aliphatic carbocycles. The molecule has 2 aromatic carbocycles. The minimum absolute atomic E-state index is 1.15. The largest absolute Gasteiger partial charge is 0.388 e. The summed E-state index contributed by atoms with van der Waals surface area (Å²) in [6, 6.07) is 17.4. The lowest BCUT2D eigenvalue weighted by Gasteiger charge is -2.06. The van der Waals surface area contributed by atoms with E-state index in [4.69, 9.17) is 0 Å². The van der Waals surface area contributed by atoms with Crippen LogP contribution in [0.4, 0.5) is 5.69 Å². The second kappa shape index (κ2) is 5.53. The van der Waals surface area contributed by atoms with E-state index in [1.54, 1.807) is 0 Å². The highest BCUT2D eigenvalue weighted by molar-refractivity contribution is 5.68. The third-order valence-corrected chi connectivity index (χ3v) is 2.98. The van der Waals surface area contributed by atoms with Crippen molar-refractivity contribution in [2.45, 2.75) is 19.8 Å². The smallest absolute Gasteiger partial charge is 0.0343 e. The standard InChI is InChI=1S/C16H19N/c1-3-5-13-8-10-14(11-9-13)15-6-4-7-16(12-15)17-2/h4,6-12,17H,3,5H2,1-2H3. The molecule has 0 aliphatic heterocycles. The van der Waals surface area contributed by atoms with Gasteiger partial charge < -0.3 is 5.32 Å². The van der Waals surface area contributed by atoms with Crippen LogP contribution in [0.5, 0.6) is 0 Å². The van der Waals surface area contributed by atoms with Gasteiger partial charge in [-0.25, -0.2) is 0 Å². The van der Waals surface area contributed by atoms with Crippen LogP contribution in [0.1, 0.15) is 18.9 Å². The van der Waals surface area contributed by atoms with E-state index in [0.29, 0.717) is 0 Å². The minimum atomic E-state index is 1.15. The first-order valence-electron chi connectivity index (χ1n) is 6.20. The van der Waals surface area contributed by atoms with E-state index in [0.717, 1.165) is 12.1 Å². The predicted molar refractivity (Wildman–Crippen MR) is 75.4 cm³/mol. The number of aryl methyl sites for hydroxylation is 1. The molecule has 0 heterocycles. The van der Waals surface area contributed by atoms with E-state index in [1.165, 1.54) is 23.1 Å². The molecule has 1 N–H and O–H groups in total. The first kappa shape index (κ1) is 11.7. The summed E-state index contributed by atoms with van der Waals surface area (Å²) in [7, 11) is 1.95. The highest BCUT2D eigenvalue weighted by Gasteiger charge is 1.98. The van der Waals surface area contributed by atoms with Crippen LogP contribution >= 0.6 is 0 Å². The van der Waals surface area contributed by atoms with Crippen molar-refractivity contribution in [1.82, 2.24) is 0 Å². The Morgan fingerprint density at radius 2 is 1.71 bits per heavy atom. The van der Waals surface area contributed by atoms with Crippen LogP contribution in [0.25, 0.3) is 11.1 Å². The van der Waals surface area contributed by atoms with Crippen LogP contribution < -0.4 is 5.32 Å². The summed E-state index contributed by atoms with van der Waals surface area (Å²) in [4.78, 5) is 0. The van der Waals surface area contributed by atoms with Crippen molar-refractivity contribution in [3.8, 4) is 11.1 Å². The summed E-state index contributed by atoms with van der Waals surface area (Å²) >= 11 is 0. The van der Waals surface area contributed by atoms with Crippen molar-refractivity contribution in [3.05, 3.63) is 54.1 Å². The van der Waals surface area contributed by atoms with Gasteiger partial charge in [0.25, 0.3) is 0 Å². The van der Waals surface area contributed by atoms with Crippen molar-refractivity contribution in [1.29, 1.82) is 0 Å². The van der Waals surface area contributed by atoms with E-state index in [2.05, 4.69) is 60.8 Å². The number of hydrogen-bond donors (Lipinski definition) is 1. The first-order valence-corrected chi connectivity index (χ1v) is 6.20. The van der Waals surface area contributed by atoms with Gasteiger partial charge >= 0.3 is 0 Å². The van der Waals surface area contributed by atoms with Gasteiger partial charge in [-0.2, -0.15) is 0 Å². The van der Waals surface area contributed by atoms with E-state index in [1.807, 2.05) is 7.05 Å². The molecule has 0 fully saturated rings. The number of anilines is 1. The summed E-state index contributed by atoms with van der Waals surface area (Å²) in [5, 5.41) is 3.17. The van der Waals surface area contributed by atoms with Gasteiger partial charge in [-0.05, 0) is 35.2 Å². The van der Waals surface area contributed by atoms with Crippen molar-refractivity contribution < 1.29 is 0 Å². The molecule has 0 saturated heterocycles. The Balaban J connectivity index is 2.26. The van der Waals surface area contributed by atoms with Gasteiger partial charge in [0.15, 0.2) is 0 Å². The molecule has 0 saturated carbocycles. The van der Waals surface area contributed by atoms with E-state index < -0.39 is 0 Å². The summed E-state index contributed by atoms with van der Waals surface area (Å²) in [5.74, 6) is 0. The zero-order valence-corrected chi connectivity index (χ0v) is 10.5. The topological polar surface area (TPSA) is 12.0 Å². The minimum Gasteiger partial charge on any atom is -0.388 e. The third-order valence-electron chi connectivity index (χ3n) is 2.98. The Hall–Kier alpha value is -1.76. The predicted octanol–water partition coefficient (Wildman–Crippen LogP) is 4.35. The first-order chi connectivity index (χ1) is 8.33. The van der Waals surface area contributed by atoms with E-state index in [-0.39, 0.29) is 0 Å². The van der Waals surface area contributed by atoms with Crippen molar-refractivity contribution in [2.24, 2.45) is 0 Å². The summed E-state index contributed by atoms with van der Waals surface area (Å²) < 4.78 is 0. The molecule has 2 aromatic rings. The third kappa shape index (κ3) is 2.88. The average molecular weight is 225 g/mol. The van der Waals surface area contributed by atoms with Gasteiger partial charge in [-0.3, -0.25) is 0 Å². The molecule has 0 radical (unpaired) electrons. The van der Waals surface area contributed by atoms with Gasteiger partial charge in [-0.15, -0.1) is 0 Å². The Morgan fingerprint density at radius 1 is 0.941 bits per heavy atom.